The molecule has 1 aromatic carbocycles. The SMILES string of the molecule is CNc1cc(Nc2c(F)cc(F)cc2F)nc(C)n1. The van der Waals surface area contributed by atoms with Gasteiger partial charge in [0.25, 0.3) is 0 Å². The highest BCUT2D eigenvalue weighted by Crippen LogP contribution is 2.24. The van der Waals surface area contributed by atoms with Crippen LogP contribution in [0.1, 0.15) is 5.82 Å². The first-order valence-corrected chi connectivity index (χ1v) is 5.44. The first-order chi connectivity index (χ1) is 8.99. The number of nitrogens with zero attached hydrogens (tertiary/aromatic N) is 2. The third-order valence-electron chi connectivity index (χ3n) is 2.35. The lowest BCUT2D eigenvalue weighted by Gasteiger charge is -2.10. The van der Waals surface area contributed by atoms with Gasteiger partial charge in [0.1, 0.15) is 29.0 Å². The van der Waals surface area contributed by atoms with Crippen LogP contribution in [0, 0.1) is 24.4 Å². The Morgan fingerprint density at radius 2 is 1.53 bits per heavy atom. The molecule has 2 aromatic rings. The number of nitrogens with one attached hydrogen (secondary N) is 2. The van der Waals surface area contributed by atoms with Gasteiger partial charge in [-0.3, -0.25) is 0 Å². The second-order valence-corrected chi connectivity index (χ2v) is 3.81. The molecule has 0 bridgehead atoms. The van der Waals surface area contributed by atoms with E-state index in [0.717, 1.165) is 0 Å². The van der Waals surface area contributed by atoms with Crippen LogP contribution in [-0.2, 0) is 0 Å². The molecular weight excluding hydrogens is 257 g/mol. The molecule has 0 saturated heterocycles. The van der Waals surface area contributed by atoms with Crippen molar-refractivity contribution in [3.8, 4) is 0 Å². The van der Waals surface area contributed by atoms with Crippen LogP contribution >= 0.6 is 0 Å². The molecule has 0 saturated carbocycles. The number of rotatable bonds is 3. The van der Waals surface area contributed by atoms with Crippen molar-refractivity contribution in [2.45, 2.75) is 6.92 Å². The highest BCUT2D eigenvalue weighted by Gasteiger charge is 2.12. The Kier molecular flexibility index (Phi) is 3.55. The summed E-state index contributed by atoms with van der Waals surface area (Å²) < 4.78 is 39.7. The van der Waals surface area contributed by atoms with E-state index >= 15 is 0 Å². The fraction of sp³-hybridized carbons (Fsp3) is 0.167. The monoisotopic (exact) mass is 268 g/mol. The predicted octanol–water partition coefficient (Wildman–Crippen LogP) is 2.99. The first kappa shape index (κ1) is 13.1. The van der Waals surface area contributed by atoms with Gasteiger partial charge in [-0.1, -0.05) is 0 Å². The van der Waals surface area contributed by atoms with Gasteiger partial charge in [-0.25, -0.2) is 23.1 Å². The molecule has 0 aliphatic carbocycles. The zero-order valence-corrected chi connectivity index (χ0v) is 10.3. The van der Waals surface area contributed by atoms with Crippen molar-refractivity contribution >= 4 is 17.3 Å². The number of anilines is 3. The molecule has 0 spiro atoms. The molecule has 19 heavy (non-hydrogen) atoms. The molecule has 0 amide bonds. The van der Waals surface area contributed by atoms with Crippen LogP contribution < -0.4 is 10.6 Å². The summed E-state index contributed by atoms with van der Waals surface area (Å²) in [5.74, 6) is -1.90. The van der Waals surface area contributed by atoms with E-state index in [9.17, 15) is 13.2 Å². The van der Waals surface area contributed by atoms with Gasteiger partial charge >= 0.3 is 0 Å². The van der Waals surface area contributed by atoms with Gasteiger partial charge in [-0.2, -0.15) is 0 Å². The second kappa shape index (κ2) is 5.13. The number of hydrogen-bond acceptors (Lipinski definition) is 4. The van der Waals surface area contributed by atoms with Gasteiger partial charge in [-0.15, -0.1) is 0 Å². The van der Waals surface area contributed by atoms with Crippen molar-refractivity contribution < 1.29 is 13.2 Å². The predicted molar refractivity (Wildman–Crippen MR) is 65.9 cm³/mol. The third kappa shape index (κ3) is 2.93. The molecule has 0 aliphatic rings. The molecule has 4 nitrogen and oxygen atoms in total. The number of hydrogen-bond donors (Lipinski definition) is 2. The van der Waals surface area contributed by atoms with Crippen molar-refractivity contribution in [1.82, 2.24) is 9.97 Å². The van der Waals surface area contributed by atoms with Crippen molar-refractivity contribution in [3.05, 3.63) is 41.5 Å². The van der Waals surface area contributed by atoms with E-state index in [2.05, 4.69) is 20.6 Å². The molecule has 7 heteroatoms. The summed E-state index contributed by atoms with van der Waals surface area (Å²) in [5.41, 5.74) is -0.457. The number of halogens is 3. The Balaban J connectivity index is 2.39. The van der Waals surface area contributed by atoms with E-state index < -0.39 is 23.1 Å². The standard InChI is InChI=1S/C12H11F3N4/c1-6-17-10(16-2)5-11(18-6)19-12-8(14)3-7(13)4-9(12)15/h3-5H,1-2H3,(H2,16,17,18,19). The summed E-state index contributed by atoms with van der Waals surface area (Å²) in [6, 6.07) is 2.67. The molecule has 0 unspecified atom stereocenters. The van der Waals surface area contributed by atoms with E-state index in [1.54, 1.807) is 14.0 Å². The normalized spacial score (nSPS) is 10.4. The molecule has 1 heterocycles. The summed E-state index contributed by atoms with van der Waals surface area (Å²) in [7, 11) is 1.66. The van der Waals surface area contributed by atoms with Crippen LogP contribution in [0.15, 0.2) is 18.2 Å². The molecule has 1 aromatic heterocycles. The highest BCUT2D eigenvalue weighted by molar-refractivity contribution is 5.60. The van der Waals surface area contributed by atoms with Gasteiger partial charge in [0.15, 0.2) is 11.6 Å². The van der Waals surface area contributed by atoms with Gasteiger partial charge in [-0.05, 0) is 6.92 Å². The zero-order chi connectivity index (χ0) is 14.0. The first-order valence-electron chi connectivity index (χ1n) is 5.44. The molecular formula is C12H11F3N4. The molecule has 0 radical (unpaired) electrons. The minimum atomic E-state index is -1.03. The highest BCUT2D eigenvalue weighted by atomic mass is 19.1. The summed E-state index contributed by atoms with van der Waals surface area (Å²) in [4.78, 5) is 8.04. The Bertz CT molecular complexity index is 593. The maximum absolute atomic E-state index is 13.5. The van der Waals surface area contributed by atoms with Crippen LogP contribution in [0.25, 0.3) is 0 Å². The van der Waals surface area contributed by atoms with Crippen LogP contribution in [0.3, 0.4) is 0 Å². The summed E-state index contributed by atoms with van der Waals surface area (Å²) in [6.07, 6.45) is 0. The van der Waals surface area contributed by atoms with E-state index in [0.29, 0.717) is 23.8 Å². The van der Waals surface area contributed by atoms with Crippen molar-refractivity contribution in [3.63, 3.8) is 0 Å². The molecule has 0 aliphatic heterocycles. The smallest absolute Gasteiger partial charge is 0.152 e. The number of benzene rings is 1. The lowest BCUT2D eigenvalue weighted by atomic mass is 10.2. The maximum Gasteiger partial charge on any atom is 0.152 e. The van der Waals surface area contributed by atoms with Gasteiger partial charge in [0.05, 0.1) is 0 Å². The molecule has 0 fully saturated rings. The Labute approximate surface area is 107 Å². The zero-order valence-electron chi connectivity index (χ0n) is 10.3. The van der Waals surface area contributed by atoms with E-state index in [4.69, 9.17) is 0 Å². The van der Waals surface area contributed by atoms with Crippen LogP contribution in [0.4, 0.5) is 30.5 Å². The second-order valence-electron chi connectivity index (χ2n) is 3.81. The van der Waals surface area contributed by atoms with E-state index in [-0.39, 0.29) is 5.82 Å². The average Bonchev–Trinajstić information content (AvgIpc) is 2.33. The average molecular weight is 268 g/mol. The van der Waals surface area contributed by atoms with E-state index in [1.165, 1.54) is 6.07 Å². The Hall–Kier alpha value is -2.31. The molecule has 0 atom stereocenters. The Morgan fingerprint density at radius 3 is 2.11 bits per heavy atom. The Morgan fingerprint density at radius 1 is 0.947 bits per heavy atom. The minimum Gasteiger partial charge on any atom is -0.373 e. The van der Waals surface area contributed by atoms with Gasteiger partial charge in [0, 0.05) is 25.2 Å². The fourth-order valence-corrected chi connectivity index (χ4v) is 1.55. The quantitative estimate of drug-likeness (QED) is 0.898. The topological polar surface area (TPSA) is 49.8 Å². The largest absolute Gasteiger partial charge is 0.373 e. The summed E-state index contributed by atoms with van der Waals surface area (Å²) in [6.45, 7) is 1.64. The summed E-state index contributed by atoms with van der Waals surface area (Å²) in [5, 5.41) is 5.27. The minimum absolute atomic E-state index is 0.209. The lowest BCUT2D eigenvalue weighted by Crippen LogP contribution is -2.04. The maximum atomic E-state index is 13.5. The van der Waals surface area contributed by atoms with Crippen LogP contribution in [-0.4, -0.2) is 17.0 Å². The number of aromatic nitrogens is 2. The van der Waals surface area contributed by atoms with Gasteiger partial charge in [0.2, 0.25) is 0 Å². The van der Waals surface area contributed by atoms with Crippen molar-refractivity contribution in [1.29, 1.82) is 0 Å². The van der Waals surface area contributed by atoms with Crippen LogP contribution in [0.2, 0.25) is 0 Å². The molecule has 2 rings (SSSR count). The fourth-order valence-electron chi connectivity index (χ4n) is 1.55. The van der Waals surface area contributed by atoms with E-state index in [1.807, 2.05) is 0 Å². The lowest BCUT2D eigenvalue weighted by molar-refractivity contribution is 0.548. The third-order valence-corrected chi connectivity index (χ3v) is 2.35. The molecule has 2 N–H and O–H groups in total. The van der Waals surface area contributed by atoms with Crippen molar-refractivity contribution in [2.24, 2.45) is 0 Å². The molecule has 100 valence electrons. The van der Waals surface area contributed by atoms with Crippen molar-refractivity contribution in [2.75, 3.05) is 17.7 Å². The number of aryl methyl sites for hydroxylation is 1. The summed E-state index contributed by atoms with van der Waals surface area (Å²) >= 11 is 0. The van der Waals surface area contributed by atoms with Crippen LogP contribution in [0.5, 0.6) is 0 Å². The van der Waals surface area contributed by atoms with Gasteiger partial charge < -0.3 is 10.6 Å².